The summed E-state index contributed by atoms with van der Waals surface area (Å²) >= 11 is 0. The van der Waals surface area contributed by atoms with E-state index in [-0.39, 0.29) is 25.4 Å². The minimum atomic E-state index is -0.587. The summed E-state index contributed by atoms with van der Waals surface area (Å²) in [5.74, 6) is -0.676. The second kappa shape index (κ2) is 7.26. The van der Waals surface area contributed by atoms with Crippen molar-refractivity contribution < 1.29 is 23.9 Å². The van der Waals surface area contributed by atoms with Crippen molar-refractivity contribution in [3.63, 3.8) is 0 Å². The Morgan fingerprint density at radius 1 is 1.00 bits per heavy atom. The van der Waals surface area contributed by atoms with Gasteiger partial charge in [0.05, 0.1) is 6.42 Å². The van der Waals surface area contributed by atoms with Gasteiger partial charge < -0.3 is 14.8 Å². The van der Waals surface area contributed by atoms with E-state index in [9.17, 15) is 14.4 Å². The van der Waals surface area contributed by atoms with Gasteiger partial charge in [-0.1, -0.05) is 20.8 Å². The molecule has 20 heavy (non-hydrogen) atoms. The van der Waals surface area contributed by atoms with E-state index in [2.05, 4.69) is 5.32 Å². The van der Waals surface area contributed by atoms with Crippen LogP contribution in [0.4, 0.5) is 4.79 Å². The molecule has 0 saturated carbocycles. The molecule has 0 aromatic heterocycles. The van der Waals surface area contributed by atoms with Crippen LogP contribution in [0, 0.1) is 5.41 Å². The van der Waals surface area contributed by atoms with Crippen LogP contribution in [0.2, 0.25) is 0 Å². The number of ether oxygens (including phenoxy) is 2. The van der Waals surface area contributed by atoms with Crippen LogP contribution in [-0.2, 0) is 19.1 Å². The van der Waals surface area contributed by atoms with Gasteiger partial charge in [-0.3, -0.25) is 9.59 Å². The Hall–Kier alpha value is -1.59. The molecule has 0 atom stereocenters. The molecule has 0 rings (SSSR count). The third kappa shape index (κ3) is 9.35. The molecule has 0 aliphatic rings. The van der Waals surface area contributed by atoms with Gasteiger partial charge in [-0.2, -0.15) is 0 Å². The Morgan fingerprint density at radius 3 is 2.00 bits per heavy atom. The van der Waals surface area contributed by atoms with E-state index in [0.29, 0.717) is 0 Å². The predicted molar refractivity (Wildman–Crippen MR) is 74.3 cm³/mol. The maximum atomic E-state index is 11.5. The Balaban J connectivity index is 3.85. The van der Waals surface area contributed by atoms with Gasteiger partial charge in [0.25, 0.3) is 0 Å². The van der Waals surface area contributed by atoms with E-state index in [1.54, 1.807) is 41.5 Å². The van der Waals surface area contributed by atoms with E-state index in [0.717, 1.165) is 0 Å². The maximum absolute atomic E-state index is 11.5. The Morgan fingerprint density at radius 2 is 1.55 bits per heavy atom. The number of esters is 1. The lowest BCUT2D eigenvalue weighted by atomic mass is 9.91. The number of hydrogen-bond acceptors (Lipinski definition) is 5. The highest BCUT2D eigenvalue weighted by Crippen LogP contribution is 2.14. The van der Waals surface area contributed by atoms with Gasteiger partial charge in [-0.25, -0.2) is 4.79 Å². The average Bonchev–Trinajstić information content (AvgIpc) is 2.21. The molecule has 0 aliphatic heterocycles. The first-order chi connectivity index (χ1) is 8.92. The van der Waals surface area contributed by atoms with Crippen molar-refractivity contribution in [2.45, 2.75) is 53.6 Å². The van der Waals surface area contributed by atoms with Gasteiger partial charge in [-0.15, -0.1) is 0 Å². The monoisotopic (exact) mass is 287 g/mol. The number of Topliss-reactive ketones (excluding diaryl/α,β-unsaturated/α-hetero) is 1. The average molecular weight is 287 g/mol. The summed E-state index contributed by atoms with van der Waals surface area (Å²) in [5, 5.41) is 2.44. The molecule has 0 unspecified atom stereocenters. The second-order valence-electron chi connectivity index (χ2n) is 6.51. The smallest absolute Gasteiger partial charge is 0.407 e. The Bertz CT molecular complexity index is 363. The van der Waals surface area contributed by atoms with Crippen LogP contribution in [0.5, 0.6) is 0 Å². The number of alkyl carbamates (subject to hydrolysis) is 1. The van der Waals surface area contributed by atoms with Crippen LogP contribution < -0.4 is 5.32 Å². The minimum absolute atomic E-state index is 0.00331. The SMILES string of the molecule is CC(C)(C)OC(=O)NCCC(=O)OCC(=O)C(C)(C)C. The van der Waals surface area contributed by atoms with Gasteiger partial charge in [0.15, 0.2) is 12.4 Å². The van der Waals surface area contributed by atoms with Crippen LogP contribution in [-0.4, -0.2) is 36.6 Å². The maximum Gasteiger partial charge on any atom is 0.407 e. The zero-order valence-electron chi connectivity index (χ0n) is 13.2. The third-order valence-electron chi connectivity index (χ3n) is 2.20. The lowest BCUT2D eigenvalue weighted by Gasteiger charge is -2.19. The first kappa shape index (κ1) is 18.4. The van der Waals surface area contributed by atoms with E-state index < -0.39 is 23.1 Å². The fourth-order valence-electron chi connectivity index (χ4n) is 1.02. The topological polar surface area (TPSA) is 81.7 Å². The fourth-order valence-corrected chi connectivity index (χ4v) is 1.02. The number of carbonyl (C=O) groups excluding carboxylic acids is 3. The minimum Gasteiger partial charge on any atom is -0.458 e. The molecule has 0 fully saturated rings. The summed E-state index contributed by atoms with van der Waals surface area (Å²) in [4.78, 5) is 34.2. The highest BCUT2D eigenvalue weighted by molar-refractivity contribution is 5.86. The number of amides is 1. The lowest BCUT2D eigenvalue weighted by Crippen LogP contribution is -2.34. The molecule has 1 N–H and O–H groups in total. The zero-order valence-corrected chi connectivity index (χ0v) is 13.2. The molecule has 0 saturated heterocycles. The second-order valence-corrected chi connectivity index (χ2v) is 6.51. The molecule has 0 spiro atoms. The van der Waals surface area contributed by atoms with Crippen molar-refractivity contribution in [2.75, 3.05) is 13.2 Å². The van der Waals surface area contributed by atoms with Gasteiger partial charge in [-0.05, 0) is 20.8 Å². The van der Waals surface area contributed by atoms with Crippen molar-refractivity contribution in [1.82, 2.24) is 5.32 Å². The number of nitrogens with one attached hydrogen (secondary N) is 1. The summed E-state index contributed by atoms with van der Waals surface area (Å²) in [6, 6.07) is 0. The first-order valence-electron chi connectivity index (χ1n) is 6.57. The molecule has 1 amide bonds. The molecular weight excluding hydrogens is 262 g/mol. The van der Waals surface area contributed by atoms with Crippen LogP contribution in [0.1, 0.15) is 48.0 Å². The number of rotatable bonds is 5. The molecule has 0 aromatic carbocycles. The fraction of sp³-hybridized carbons (Fsp3) is 0.786. The quantitative estimate of drug-likeness (QED) is 0.783. The summed E-state index contributed by atoms with van der Waals surface area (Å²) in [7, 11) is 0. The number of hydrogen-bond donors (Lipinski definition) is 1. The molecule has 0 aromatic rings. The van der Waals surface area contributed by atoms with Crippen LogP contribution in [0.3, 0.4) is 0 Å². The van der Waals surface area contributed by atoms with Gasteiger partial charge in [0.2, 0.25) is 0 Å². The molecule has 6 nitrogen and oxygen atoms in total. The van der Waals surface area contributed by atoms with E-state index in [4.69, 9.17) is 9.47 Å². The van der Waals surface area contributed by atoms with Crippen LogP contribution >= 0.6 is 0 Å². The Kier molecular flexibility index (Phi) is 6.68. The van der Waals surface area contributed by atoms with Crippen molar-refractivity contribution in [3.8, 4) is 0 Å². The molecule has 0 aliphatic carbocycles. The van der Waals surface area contributed by atoms with E-state index >= 15 is 0 Å². The normalized spacial score (nSPS) is 11.7. The summed E-state index contributed by atoms with van der Waals surface area (Å²) in [5.41, 5.74) is -1.11. The molecule has 0 bridgehead atoms. The third-order valence-corrected chi connectivity index (χ3v) is 2.20. The summed E-state index contributed by atoms with van der Waals surface area (Å²) < 4.78 is 9.84. The van der Waals surface area contributed by atoms with E-state index in [1.807, 2.05) is 0 Å². The predicted octanol–water partition coefficient (Wildman–Crippen LogP) is 2.06. The molecule has 0 radical (unpaired) electrons. The summed E-state index contributed by atoms with van der Waals surface area (Å²) in [6.07, 6.45) is -0.590. The van der Waals surface area contributed by atoms with Crippen LogP contribution in [0.15, 0.2) is 0 Å². The van der Waals surface area contributed by atoms with Gasteiger partial charge >= 0.3 is 12.1 Å². The van der Waals surface area contributed by atoms with Crippen molar-refractivity contribution in [2.24, 2.45) is 5.41 Å². The molecule has 0 heterocycles. The lowest BCUT2D eigenvalue weighted by molar-refractivity contribution is -0.149. The molecule has 116 valence electrons. The largest absolute Gasteiger partial charge is 0.458 e. The van der Waals surface area contributed by atoms with Gasteiger partial charge in [0.1, 0.15) is 5.60 Å². The van der Waals surface area contributed by atoms with Gasteiger partial charge in [0, 0.05) is 12.0 Å². The van der Waals surface area contributed by atoms with Crippen molar-refractivity contribution in [3.05, 3.63) is 0 Å². The number of carbonyl (C=O) groups is 3. The Labute approximate surface area is 120 Å². The number of ketones is 1. The molecule has 6 heteroatoms. The van der Waals surface area contributed by atoms with Crippen molar-refractivity contribution in [1.29, 1.82) is 0 Å². The summed E-state index contributed by atoms with van der Waals surface area (Å²) in [6.45, 7) is 10.4. The molecular formula is C14H25NO5. The van der Waals surface area contributed by atoms with Crippen LogP contribution in [0.25, 0.3) is 0 Å². The standard InChI is InChI=1S/C14H25NO5/c1-13(2,3)10(16)9-19-11(17)7-8-15-12(18)20-14(4,5)6/h7-9H2,1-6H3,(H,15,18). The van der Waals surface area contributed by atoms with E-state index in [1.165, 1.54) is 0 Å². The zero-order chi connectivity index (χ0) is 16.0. The highest BCUT2D eigenvalue weighted by atomic mass is 16.6. The van der Waals surface area contributed by atoms with Crippen molar-refractivity contribution >= 4 is 17.8 Å². The first-order valence-corrected chi connectivity index (χ1v) is 6.57. The highest BCUT2D eigenvalue weighted by Gasteiger charge is 2.22.